The third-order valence-corrected chi connectivity index (χ3v) is 16.0. The van der Waals surface area contributed by atoms with Crippen LogP contribution in [0.1, 0.15) is 154 Å². The van der Waals surface area contributed by atoms with Crippen molar-refractivity contribution in [2.45, 2.75) is 154 Å². The predicted molar refractivity (Wildman–Crippen MR) is 178 cm³/mol. The number of hydrogen-bond acceptors (Lipinski definition) is 0. The molecule has 0 saturated heterocycles. The third kappa shape index (κ3) is 6.15. The summed E-state index contributed by atoms with van der Waals surface area (Å²) in [6.45, 7) is 0. The van der Waals surface area contributed by atoms with Crippen molar-refractivity contribution in [2.24, 2.45) is 82.9 Å². The normalized spacial score (nSPS) is 51.2. The highest BCUT2D eigenvalue weighted by Crippen LogP contribution is 2.56. The van der Waals surface area contributed by atoms with Gasteiger partial charge in [0, 0.05) is 0 Å². The van der Waals surface area contributed by atoms with Crippen LogP contribution < -0.4 is 0 Å². The van der Waals surface area contributed by atoms with Crippen molar-refractivity contribution in [3.8, 4) is 0 Å². The van der Waals surface area contributed by atoms with E-state index in [1.165, 1.54) is 89.9 Å². The van der Waals surface area contributed by atoms with Gasteiger partial charge in [0.2, 0.25) is 0 Å². The van der Waals surface area contributed by atoms with E-state index in [0.29, 0.717) is 0 Å². The molecule has 0 N–H and O–H groups in total. The van der Waals surface area contributed by atoms with Crippen molar-refractivity contribution in [1.82, 2.24) is 0 Å². The van der Waals surface area contributed by atoms with Crippen LogP contribution >= 0.6 is 0 Å². The summed E-state index contributed by atoms with van der Waals surface area (Å²) in [7, 11) is 0. The van der Waals surface area contributed by atoms with Crippen LogP contribution in [0.5, 0.6) is 0 Å². The molecule has 42 heavy (non-hydrogen) atoms. The Labute approximate surface area is 260 Å². The van der Waals surface area contributed by atoms with Gasteiger partial charge in [-0.2, -0.15) is 0 Å². The minimum atomic E-state index is 0.906. The average molecular weight is 571 g/mol. The molecule has 0 radical (unpaired) electrons. The lowest BCUT2D eigenvalue weighted by atomic mass is 9.68. The molecule has 0 aromatic heterocycles. The van der Waals surface area contributed by atoms with Crippen molar-refractivity contribution in [1.29, 1.82) is 0 Å². The molecule has 8 saturated carbocycles. The summed E-state index contributed by atoms with van der Waals surface area (Å²) in [5.41, 5.74) is 0. The molecule has 0 aromatic carbocycles. The van der Waals surface area contributed by atoms with Crippen LogP contribution in [0.4, 0.5) is 0 Å². The van der Waals surface area contributed by atoms with Gasteiger partial charge in [0.05, 0.1) is 0 Å². The SMILES string of the molecule is C(=C\C1CCC2C(C1)CC1CCCCC12)/C1CCC(C2CCC(/C=C/C3CCC4C(C3)CC3CCCCC34)CC2)CC1. The van der Waals surface area contributed by atoms with Gasteiger partial charge in [-0.3, -0.25) is 0 Å². The number of fused-ring (bicyclic) bond motifs is 6. The minimum Gasteiger partial charge on any atom is -0.0851 e. The van der Waals surface area contributed by atoms with Crippen molar-refractivity contribution in [2.75, 3.05) is 0 Å². The van der Waals surface area contributed by atoms with E-state index >= 15 is 0 Å². The summed E-state index contributed by atoms with van der Waals surface area (Å²) >= 11 is 0. The van der Waals surface area contributed by atoms with Crippen molar-refractivity contribution >= 4 is 0 Å². The third-order valence-electron chi connectivity index (χ3n) is 16.0. The Bertz CT molecular complexity index is 850. The van der Waals surface area contributed by atoms with Gasteiger partial charge in [-0.05, 0) is 198 Å². The molecule has 8 rings (SSSR count). The predicted octanol–water partition coefficient (Wildman–Crippen LogP) is 12.2. The summed E-state index contributed by atoms with van der Waals surface area (Å²) < 4.78 is 0. The molecule has 8 aliphatic rings. The molecule has 10 atom stereocenters. The number of hydrogen-bond donors (Lipinski definition) is 0. The molecule has 0 heterocycles. The van der Waals surface area contributed by atoms with Gasteiger partial charge in [-0.15, -0.1) is 0 Å². The van der Waals surface area contributed by atoms with Gasteiger partial charge in [0.25, 0.3) is 0 Å². The van der Waals surface area contributed by atoms with E-state index in [4.69, 9.17) is 0 Å². The maximum absolute atomic E-state index is 2.74. The lowest BCUT2D eigenvalue weighted by Crippen LogP contribution is -2.26. The highest BCUT2D eigenvalue weighted by molar-refractivity contribution is 5.04. The van der Waals surface area contributed by atoms with E-state index in [0.717, 1.165) is 82.9 Å². The molecule has 8 fully saturated rings. The summed E-state index contributed by atoms with van der Waals surface area (Å²) in [4.78, 5) is 0. The summed E-state index contributed by atoms with van der Waals surface area (Å²) in [6.07, 6.45) is 48.0. The van der Waals surface area contributed by atoms with Crippen molar-refractivity contribution < 1.29 is 0 Å². The van der Waals surface area contributed by atoms with Gasteiger partial charge in [-0.25, -0.2) is 0 Å². The van der Waals surface area contributed by atoms with Gasteiger partial charge >= 0.3 is 0 Å². The van der Waals surface area contributed by atoms with Crippen molar-refractivity contribution in [3.63, 3.8) is 0 Å². The monoisotopic (exact) mass is 571 g/mol. The standard InChI is InChI=1S/C42H66/c1-3-7-39-35(5-1)27-37-25-31(17-23-41(37)39)11-9-29-13-19-33(20-14-29)34-21-15-30(16-22-34)10-12-32-18-24-42-38(26-32)28-36-6-2-4-8-40(36)42/h9-12,29-42H,1-8,13-28H2/b11-9+,12-10+. The molecule has 0 amide bonds. The quantitative estimate of drug-likeness (QED) is 0.288. The highest BCUT2D eigenvalue weighted by Gasteiger charge is 2.47. The van der Waals surface area contributed by atoms with Gasteiger partial charge < -0.3 is 0 Å². The molecule has 0 aliphatic heterocycles. The molecular formula is C42H66. The Morgan fingerprint density at radius 1 is 0.238 bits per heavy atom. The second-order valence-electron chi connectivity index (χ2n) is 18.0. The zero-order valence-electron chi connectivity index (χ0n) is 27.4. The first-order valence-corrected chi connectivity index (χ1v) is 20.1. The summed E-state index contributed by atoms with van der Waals surface area (Å²) in [5.74, 6) is 14.7. The highest BCUT2D eigenvalue weighted by atomic mass is 14.5. The van der Waals surface area contributed by atoms with E-state index in [2.05, 4.69) is 24.3 Å². The molecule has 0 nitrogen and oxygen atoms in total. The summed E-state index contributed by atoms with van der Waals surface area (Å²) in [5, 5.41) is 0. The zero-order chi connectivity index (χ0) is 27.9. The van der Waals surface area contributed by atoms with E-state index in [9.17, 15) is 0 Å². The van der Waals surface area contributed by atoms with E-state index in [1.54, 1.807) is 64.2 Å². The largest absolute Gasteiger partial charge is 0.0851 e. The van der Waals surface area contributed by atoms with Crippen LogP contribution in [0.3, 0.4) is 0 Å². The fraction of sp³-hybridized carbons (Fsp3) is 0.905. The van der Waals surface area contributed by atoms with Crippen molar-refractivity contribution in [3.05, 3.63) is 24.3 Å². The van der Waals surface area contributed by atoms with Gasteiger partial charge in [0.1, 0.15) is 0 Å². The lowest BCUT2D eigenvalue weighted by molar-refractivity contribution is 0.162. The Morgan fingerprint density at radius 3 is 1.05 bits per heavy atom. The number of rotatable bonds is 5. The molecule has 0 spiro atoms. The first kappa shape index (κ1) is 28.9. The van der Waals surface area contributed by atoms with Crippen LogP contribution in [-0.4, -0.2) is 0 Å². The fourth-order valence-electron chi connectivity index (χ4n) is 13.9. The zero-order valence-corrected chi connectivity index (χ0v) is 27.4. The van der Waals surface area contributed by atoms with Crippen LogP contribution in [-0.2, 0) is 0 Å². The maximum Gasteiger partial charge on any atom is -0.0231 e. The van der Waals surface area contributed by atoms with Crippen LogP contribution in [0.15, 0.2) is 24.3 Å². The lowest BCUT2D eigenvalue weighted by Gasteiger charge is -2.37. The van der Waals surface area contributed by atoms with E-state index in [1.807, 2.05) is 0 Å². The molecule has 0 bridgehead atoms. The molecule has 234 valence electrons. The summed E-state index contributed by atoms with van der Waals surface area (Å²) in [6, 6.07) is 0. The average Bonchev–Trinajstić information content (AvgIpc) is 3.61. The molecular weight excluding hydrogens is 504 g/mol. The molecule has 0 heteroatoms. The second kappa shape index (κ2) is 13.1. The second-order valence-corrected chi connectivity index (χ2v) is 18.0. The van der Waals surface area contributed by atoms with Crippen LogP contribution in [0.25, 0.3) is 0 Å². The van der Waals surface area contributed by atoms with Crippen LogP contribution in [0.2, 0.25) is 0 Å². The van der Waals surface area contributed by atoms with Gasteiger partial charge in [0.15, 0.2) is 0 Å². The molecule has 10 unspecified atom stereocenters. The first-order chi connectivity index (χ1) is 20.8. The first-order valence-electron chi connectivity index (χ1n) is 20.1. The Balaban J connectivity index is 0.740. The smallest absolute Gasteiger partial charge is 0.0231 e. The number of allylic oxidation sites excluding steroid dienone is 4. The van der Waals surface area contributed by atoms with Crippen LogP contribution in [0, 0.1) is 82.9 Å². The minimum absolute atomic E-state index is 0.906. The maximum atomic E-state index is 2.74. The fourth-order valence-corrected chi connectivity index (χ4v) is 13.9. The van der Waals surface area contributed by atoms with E-state index < -0.39 is 0 Å². The Morgan fingerprint density at radius 2 is 0.595 bits per heavy atom. The Hall–Kier alpha value is -0.520. The molecule has 0 aromatic rings. The molecule has 8 aliphatic carbocycles. The topological polar surface area (TPSA) is 0 Å². The van der Waals surface area contributed by atoms with Gasteiger partial charge in [-0.1, -0.05) is 62.8 Å². The Kier molecular flexibility index (Phi) is 9.00. The van der Waals surface area contributed by atoms with E-state index in [-0.39, 0.29) is 0 Å².